The third kappa shape index (κ3) is 70.6. The average molecular weight is 1120 g/mol. The number of carbonyl (C=O) groups excluding carboxylic acids is 1. The molecule has 0 aromatic rings. The highest BCUT2D eigenvalue weighted by Crippen LogP contribution is 2.08. The molecule has 0 saturated heterocycles. The molecule has 25 heteroatoms. The lowest BCUT2D eigenvalue weighted by Crippen LogP contribution is -2.24. The van der Waals surface area contributed by atoms with Crippen molar-refractivity contribution in [2.24, 2.45) is 0 Å². The van der Waals surface area contributed by atoms with Gasteiger partial charge in [0.2, 0.25) is 0 Å². The topological polar surface area (TPSA) is 250 Å². The van der Waals surface area contributed by atoms with E-state index in [2.05, 4.69) is 0 Å². The summed E-state index contributed by atoms with van der Waals surface area (Å²) < 4.78 is 125. The molecule has 0 rings (SSSR count). The van der Waals surface area contributed by atoms with Crippen molar-refractivity contribution in [1.29, 1.82) is 0 Å². The molecule has 0 aromatic heterocycles. The first kappa shape index (κ1) is 74.5. The van der Waals surface area contributed by atoms with E-state index in [-0.39, 0.29) is 19.0 Å². The molecule has 0 amide bonds. The molecule has 0 bridgehead atoms. The third-order valence-corrected chi connectivity index (χ3v) is 8.92. The zero-order valence-electron chi connectivity index (χ0n) is 46.8. The molecule has 0 spiro atoms. The Morgan fingerprint density at radius 2 is 0.342 bits per heavy atom. The maximum atomic E-state index is 11.6. The molecule has 0 heterocycles. The molecule has 1 N–H and O–H groups in total. The first-order valence-corrected chi connectivity index (χ1v) is 27.0. The van der Waals surface area contributed by atoms with Gasteiger partial charge in [-0.05, 0) is 20.8 Å². The van der Waals surface area contributed by atoms with Gasteiger partial charge in [-0.2, -0.15) is 0 Å². The number of aliphatic hydroxyl groups is 1. The second-order valence-corrected chi connectivity index (χ2v) is 16.5. The summed E-state index contributed by atoms with van der Waals surface area (Å²) >= 11 is 0. The smallest absolute Gasteiger partial charge is 0.308 e. The van der Waals surface area contributed by atoms with E-state index in [4.69, 9.17) is 114 Å². The zero-order chi connectivity index (χ0) is 54.9. The molecule has 25 nitrogen and oxygen atoms in total. The van der Waals surface area contributed by atoms with Crippen LogP contribution in [0.3, 0.4) is 0 Å². The molecule has 0 aliphatic rings. The average Bonchev–Trinajstić information content (AvgIpc) is 3.40. The van der Waals surface area contributed by atoms with E-state index in [0.717, 1.165) is 0 Å². The maximum Gasteiger partial charge on any atom is 0.308 e. The van der Waals surface area contributed by atoms with Crippen LogP contribution in [0.5, 0.6) is 0 Å². The normalized spacial score (nSPS) is 11.9. The predicted molar refractivity (Wildman–Crippen MR) is 276 cm³/mol. The first-order valence-electron chi connectivity index (χ1n) is 27.0. The zero-order valence-corrected chi connectivity index (χ0v) is 46.8. The van der Waals surface area contributed by atoms with Crippen LogP contribution in [-0.2, 0) is 114 Å². The number of rotatable bonds is 68. The van der Waals surface area contributed by atoms with Crippen LogP contribution in [0.25, 0.3) is 0 Å². The molecule has 0 aliphatic carbocycles. The van der Waals surface area contributed by atoms with Gasteiger partial charge in [0.25, 0.3) is 0 Å². The lowest BCUT2D eigenvalue weighted by atomic mass is 10.2. The first-order chi connectivity index (χ1) is 37.5. The third-order valence-electron chi connectivity index (χ3n) is 8.92. The molecule has 0 fully saturated rings. The van der Waals surface area contributed by atoms with Gasteiger partial charge in [-0.25, -0.2) is 0 Å². The fourth-order valence-electron chi connectivity index (χ4n) is 5.33. The summed E-state index contributed by atoms with van der Waals surface area (Å²) in [6, 6.07) is 0. The van der Waals surface area contributed by atoms with Crippen LogP contribution in [0.2, 0.25) is 0 Å². The minimum absolute atomic E-state index is 0.0175. The van der Waals surface area contributed by atoms with Gasteiger partial charge in [-0.15, -0.1) is 0 Å². The van der Waals surface area contributed by atoms with Gasteiger partial charge in [0.1, 0.15) is 5.60 Å². The quantitative estimate of drug-likeness (QED) is 0.0661. The van der Waals surface area contributed by atoms with Gasteiger partial charge in [-0.1, -0.05) is 0 Å². The predicted octanol–water partition coefficient (Wildman–Crippen LogP) is 1.08. The van der Waals surface area contributed by atoms with Gasteiger partial charge in [-0.3, -0.25) is 4.79 Å². The van der Waals surface area contributed by atoms with E-state index < -0.39 is 5.60 Å². The van der Waals surface area contributed by atoms with Gasteiger partial charge in [0, 0.05) is 0 Å². The van der Waals surface area contributed by atoms with E-state index in [1.54, 1.807) is 0 Å². The van der Waals surface area contributed by atoms with E-state index in [1.807, 2.05) is 20.8 Å². The SMILES string of the molecule is CC(C)(C)OC(=O)CCOCCOCCOCCOCCOCCOCCOCCOCCOCCOCCOCCOCCOCCOCCOCCOCCOCCOCCOCCOCCOCCOCCO. The standard InChI is InChI=1S/C51H102O25/c1-51(2,3)76-50(53)4-6-54-8-10-56-12-14-58-16-18-60-20-22-62-24-26-64-28-30-66-32-34-68-36-38-70-40-42-72-44-46-74-48-49-75-47-45-73-43-41-71-39-37-69-35-33-67-31-29-65-27-25-63-23-21-61-19-17-59-15-13-57-11-9-55-7-5-52/h52H,4-49H2,1-3H3. The monoisotopic (exact) mass is 1110 g/mol. The summed E-state index contributed by atoms with van der Waals surface area (Å²) in [5.74, 6) is -0.271. The summed E-state index contributed by atoms with van der Waals surface area (Å²) in [5, 5.41) is 8.61. The van der Waals surface area contributed by atoms with E-state index in [9.17, 15) is 4.79 Å². The highest BCUT2D eigenvalue weighted by molar-refractivity contribution is 5.69. The lowest BCUT2D eigenvalue weighted by molar-refractivity contribution is -0.156. The Balaban J connectivity index is 3.10. The van der Waals surface area contributed by atoms with Crippen LogP contribution in [-0.4, -0.2) is 314 Å². The Hall–Kier alpha value is -1.45. The fraction of sp³-hybridized carbons (Fsp3) is 0.980. The maximum absolute atomic E-state index is 11.6. The minimum Gasteiger partial charge on any atom is -0.460 e. The molecule has 456 valence electrons. The summed E-state index contributed by atoms with van der Waals surface area (Å²) in [4.78, 5) is 11.6. The van der Waals surface area contributed by atoms with E-state index >= 15 is 0 Å². The Morgan fingerprint density at radius 1 is 0.224 bits per heavy atom. The Bertz CT molecular complexity index is 1080. The van der Waals surface area contributed by atoms with Crippen molar-refractivity contribution < 1.29 is 119 Å². The number of esters is 1. The van der Waals surface area contributed by atoms with Crippen molar-refractivity contribution >= 4 is 5.97 Å². The van der Waals surface area contributed by atoms with Gasteiger partial charge >= 0.3 is 5.97 Å². The Labute approximate surface area is 454 Å². The number of ether oxygens (including phenoxy) is 23. The second-order valence-electron chi connectivity index (χ2n) is 16.5. The van der Waals surface area contributed by atoms with Crippen molar-refractivity contribution in [3.63, 3.8) is 0 Å². The molecule has 0 aliphatic heterocycles. The van der Waals surface area contributed by atoms with Crippen LogP contribution in [0, 0.1) is 0 Å². The van der Waals surface area contributed by atoms with Crippen LogP contribution in [0.15, 0.2) is 0 Å². The fourth-order valence-corrected chi connectivity index (χ4v) is 5.33. The number of hydrogen-bond acceptors (Lipinski definition) is 25. The van der Waals surface area contributed by atoms with Crippen molar-refractivity contribution in [2.45, 2.75) is 32.8 Å². The highest BCUT2D eigenvalue weighted by atomic mass is 16.6. The van der Waals surface area contributed by atoms with Crippen molar-refractivity contribution in [2.75, 3.05) is 297 Å². The van der Waals surface area contributed by atoms with Crippen LogP contribution in [0.1, 0.15) is 27.2 Å². The summed E-state index contributed by atoms with van der Waals surface area (Å²) in [7, 11) is 0. The van der Waals surface area contributed by atoms with Crippen LogP contribution >= 0.6 is 0 Å². The van der Waals surface area contributed by atoms with Gasteiger partial charge < -0.3 is 114 Å². The molecule has 0 unspecified atom stereocenters. The molecular weight excluding hydrogens is 1010 g/mol. The summed E-state index contributed by atoms with van der Waals surface area (Å²) in [6.45, 7) is 26.3. The lowest BCUT2D eigenvalue weighted by Gasteiger charge is -2.19. The number of carbonyl (C=O) groups is 1. The number of aliphatic hydroxyl groups excluding tert-OH is 1. The van der Waals surface area contributed by atoms with Gasteiger partial charge in [0.15, 0.2) is 0 Å². The van der Waals surface area contributed by atoms with E-state index in [0.29, 0.717) is 291 Å². The largest absolute Gasteiger partial charge is 0.460 e. The van der Waals surface area contributed by atoms with Crippen molar-refractivity contribution in [3.8, 4) is 0 Å². The summed E-state index contributed by atoms with van der Waals surface area (Å²) in [6.07, 6.45) is 0.224. The van der Waals surface area contributed by atoms with Gasteiger partial charge in [0.05, 0.1) is 304 Å². The molecule has 0 saturated carbocycles. The number of hydrogen-bond donors (Lipinski definition) is 1. The Kier molecular flexibility index (Phi) is 64.8. The molecular formula is C51H102O25. The van der Waals surface area contributed by atoms with Crippen LogP contribution < -0.4 is 0 Å². The van der Waals surface area contributed by atoms with Crippen molar-refractivity contribution in [3.05, 3.63) is 0 Å². The summed E-state index contributed by atoms with van der Waals surface area (Å²) in [5.41, 5.74) is -0.483. The molecule has 0 atom stereocenters. The second kappa shape index (κ2) is 66.1. The molecule has 0 radical (unpaired) electrons. The highest BCUT2D eigenvalue weighted by Gasteiger charge is 2.15. The molecule has 76 heavy (non-hydrogen) atoms. The van der Waals surface area contributed by atoms with Crippen LogP contribution in [0.4, 0.5) is 0 Å². The molecule has 0 aromatic carbocycles. The van der Waals surface area contributed by atoms with E-state index in [1.165, 1.54) is 0 Å². The minimum atomic E-state index is -0.483. The Morgan fingerprint density at radius 3 is 0.461 bits per heavy atom. The van der Waals surface area contributed by atoms with Crippen molar-refractivity contribution in [1.82, 2.24) is 0 Å².